The summed E-state index contributed by atoms with van der Waals surface area (Å²) in [4.78, 5) is 23.9. The third-order valence-corrected chi connectivity index (χ3v) is 3.18. The number of carbonyl (C=O) groups excluding carboxylic acids is 2. The summed E-state index contributed by atoms with van der Waals surface area (Å²) in [5.74, 6) is -1.84. The number of ether oxygens (including phenoxy) is 1. The van der Waals surface area contributed by atoms with Gasteiger partial charge in [0.2, 0.25) is 5.78 Å². The first kappa shape index (κ1) is 15.7. The van der Waals surface area contributed by atoms with Crippen molar-refractivity contribution in [2.45, 2.75) is 20.4 Å². The molecular formula is C15H16FN3O3. The van der Waals surface area contributed by atoms with Gasteiger partial charge in [-0.2, -0.15) is 5.10 Å². The summed E-state index contributed by atoms with van der Waals surface area (Å²) in [6.07, 6.45) is 0. The number of Topliss-reactive ketones (excluding diaryl/α,β-unsaturated/α-hetero) is 1. The highest BCUT2D eigenvalue weighted by atomic mass is 19.1. The molecular weight excluding hydrogens is 289 g/mol. The number of aromatic nitrogens is 2. The lowest BCUT2D eigenvalue weighted by Crippen LogP contribution is -2.16. The molecule has 0 bridgehead atoms. The standard InChI is InChI=1S/C15H16FN3O3/c1-3-19-14(17)13(9(2)18-19)15(21)22-8-12(20)10-6-4-5-7-11(10)16/h4-7H,3,8,17H2,1-2H3. The first-order valence-electron chi connectivity index (χ1n) is 6.73. The molecule has 0 unspecified atom stereocenters. The minimum Gasteiger partial charge on any atom is -0.454 e. The van der Waals surface area contributed by atoms with Crippen LogP contribution in [0.3, 0.4) is 0 Å². The van der Waals surface area contributed by atoms with Crippen LogP contribution in [0.1, 0.15) is 33.3 Å². The molecule has 0 atom stereocenters. The molecule has 6 nitrogen and oxygen atoms in total. The number of halogens is 1. The van der Waals surface area contributed by atoms with Gasteiger partial charge >= 0.3 is 5.97 Å². The van der Waals surface area contributed by atoms with Crippen LogP contribution in [-0.2, 0) is 11.3 Å². The second-order valence-corrected chi connectivity index (χ2v) is 4.64. The SMILES string of the molecule is CCn1nc(C)c(C(=O)OCC(=O)c2ccccc2F)c1N. The summed E-state index contributed by atoms with van der Waals surface area (Å²) in [6, 6.07) is 5.51. The zero-order valence-corrected chi connectivity index (χ0v) is 12.3. The van der Waals surface area contributed by atoms with Gasteiger partial charge in [0.1, 0.15) is 17.2 Å². The summed E-state index contributed by atoms with van der Waals surface area (Å²) in [5, 5.41) is 4.10. The molecule has 0 fully saturated rings. The maximum Gasteiger partial charge on any atom is 0.344 e. The predicted molar refractivity (Wildman–Crippen MR) is 78.1 cm³/mol. The van der Waals surface area contributed by atoms with Gasteiger partial charge in [-0.3, -0.25) is 4.79 Å². The number of nitrogens with two attached hydrogens (primary N) is 1. The number of anilines is 1. The monoisotopic (exact) mass is 305 g/mol. The number of esters is 1. The van der Waals surface area contributed by atoms with E-state index in [1.54, 1.807) is 6.92 Å². The van der Waals surface area contributed by atoms with Crippen LogP contribution in [0.5, 0.6) is 0 Å². The van der Waals surface area contributed by atoms with Crippen molar-refractivity contribution in [3.63, 3.8) is 0 Å². The Morgan fingerprint density at radius 2 is 2.05 bits per heavy atom. The van der Waals surface area contributed by atoms with E-state index in [0.29, 0.717) is 12.2 Å². The van der Waals surface area contributed by atoms with E-state index in [4.69, 9.17) is 10.5 Å². The molecule has 0 aliphatic rings. The van der Waals surface area contributed by atoms with Gasteiger partial charge in [-0.25, -0.2) is 13.9 Å². The topological polar surface area (TPSA) is 87.2 Å². The molecule has 1 aromatic carbocycles. The van der Waals surface area contributed by atoms with Gasteiger partial charge in [-0.1, -0.05) is 12.1 Å². The molecule has 22 heavy (non-hydrogen) atoms. The van der Waals surface area contributed by atoms with Gasteiger partial charge in [-0.15, -0.1) is 0 Å². The van der Waals surface area contributed by atoms with Crippen LogP contribution in [0.4, 0.5) is 10.2 Å². The third-order valence-electron chi connectivity index (χ3n) is 3.18. The van der Waals surface area contributed by atoms with Gasteiger partial charge < -0.3 is 10.5 Å². The Balaban J connectivity index is 2.09. The van der Waals surface area contributed by atoms with E-state index in [-0.39, 0.29) is 16.9 Å². The van der Waals surface area contributed by atoms with E-state index in [0.717, 1.165) is 0 Å². The van der Waals surface area contributed by atoms with Crippen LogP contribution in [0.25, 0.3) is 0 Å². The number of nitrogens with zero attached hydrogens (tertiary/aromatic N) is 2. The predicted octanol–water partition coefficient (Wildman–Crippen LogP) is 1.97. The fourth-order valence-electron chi connectivity index (χ4n) is 2.06. The number of hydrogen-bond donors (Lipinski definition) is 1. The number of benzene rings is 1. The maximum atomic E-state index is 13.5. The lowest BCUT2D eigenvalue weighted by atomic mass is 10.1. The van der Waals surface area contributed by atoms with Crippen molar-refractivity contribution in [1.29, 1.82) is 0 Å². The van der Waals surface area contributed by atoms with Crippen molar-refractivity contribution in [3.05, 3.63) is 46.9 Å². The summed E-state index contributed by atoms with van der Waals surface area (Å²) < 4.78 is 19.9. The third kappa shape index (κ3) is 2.98. The van der Waals surface area contributed by atoms with Gasteiger partial charge in [0.15, 0.2) is 6.61 Å². The van der Waals surface area contributed by atoms with E-state index in [1.807, 2.05) is 6.92 Å². The summed E-state index contributed by atoms with van der Waals surface area (Å²) in [6.45, 7) is 3.40. The van der Waals surface area contributed by atoms with E-state index < -0.39 is 24.2 Å². The van der Waals surface area contributed by atoms with Gasteiger partial charge in [0, 0.05) is 6.54 Å². The molecule has 0 saturated carbocycles. The highest BCUT2D eigenvalue weighted by molar-refractivity contribution is 6.01. The molecule has 0 radical (unpaired) electrons. The minimum atomic E-state index is -0.751. The van der Waals surface area contributed by atoms with Crippen LogP contribution in [0.2, 0.25) is 0 Å². The lowest BCUT2D eigenvalue weighted by molar-refractivity contribution is 0.0474. The molecule has 2 N–H and O–H groups in total. The zero-order chi connectivity index (χ0) is 16.3. The van der Waals surface area contributed by atoms with E-state index in [1.165, 1.54) is 28.9 Å². The number of rotatable bonds is 5. The van der Waals surface area contributed by atoms with Crippen LogP contribution in [-0.4, -0.2) is 28.1 Å². The number of nitrogen functional groups attached to an aromatic ring is 1. The Hall–Kier alpha value is -2.70. The first-order chi connectivity index (χ1) is 10.5. The normalized spacial score (nSPS) is 10.5. The highest BCUT2D eigenvalue weighted by Gasteiger charge is 2.22. The van der Waals surface area contributed by atoms with Crippen molar-refractivity contribution in [3.8, 4) is 0 Å². The van der Waals surface area contributed by atoms with E-state index >= 15 is 0 Å². The fraction of sp³-hybridized carbons (Fsp3) is 0.267. The van der Waals surface area contributed by atoms with Gasteiger partial charge in [0.05, 0.1) is 11.3 Å². The minimum absolute atomic E-state index is 0.121. The summed E-state index contributed by atoms with van der Waals surface area (Å²) >= 11 is 0. The van der Waals surface area contributed by atoms with E-state index in [2.05, 4.69) is 5.10 Å². The Labute approximate surface area is 126 Å². The van der Waals surface area contributed by atoms with Crippen molar-refractivity contribution in [2.24, 2.45) is 0 Å². The Bertz CT molecular complexity index is 725. The number of ketones is 1. The number of carbonyl (C=O) groups is 2. The average molecular weight is 305 g/mol. The number of aryl methyl sites for hydroxylation is 2. The van der Waals surface area contributed by atoms with Crippen molar-refractivity contribution >= 4 is 17.6 Å². The molecule has 1 aromatic heterocycles. The number of hydrogen-bond acceptors (Lipinski definition) is 5. The van der Waals surface area contributed by atoms with Crippen molar-refractivity contribution in [1.82, 2.24) is 9.78 Å². The fourth-order valence-corrected chi connectivity index (χ4v) is 2.06. The molecule has 0 aliphatic heterocycles. The second-order valence-electron chi connectivity index (χ2n) is 4.64. The maximum absolute atomic E-state index is 13.5. The molecule has 7 heteroatoms. The van der Waals surface area contributed by atoms with E-state index in [9.17, 15) is 14.0 Å². The lowest BCUT2D eigenvalue weighted by Gasteiger charge is -2.05. The largest absolute Gasteiger partial charge is 0.454 e. The van der Waals surface area contributed by atoms with Crippen LogP contribution in [0, 0.1) is 12.7 Å². The molecule has 0 saturated heterocycles. The zero-order valence-electron chi connectivity index (χ0n) is 12.3. The Kier molecular flexibility index (Phi) is 4.55. The van der Waals surface area contributed by atoms with Crippen molar-refractivity contribution < 1.29 is 18.7 Å². The molecule has 0 spiro atoms. The Morgan fingerprint density at radius 3 is 2.64 bits per heavy atom. The molecule has 1 heterocycles. The van der Waals surface area contributed by atoms with Crippen LogP contribution >= 0.6 is 0 Å². The summed E-state index contributed by atoms with van der Waals surface area (Å²) in [7, 11) is 0. The molecule has 2 aromatic rings. The molecule has 0 amide bonds. The highest BCUT2D eigenvalue weighted by Crippen LogP contribution is 2.17. The average Bonchev–Trinajstić information content (AvgIpc) is 2.79. The van der Waals surface area contributed by atoms with Crippen LogP contribution < -0.4 is 5.73 Å². The smallest absolute Gasteiger partial charge is 0.344 e. The van der Waals surface area contributed by atoms with Crippen molar-refractivity contribution in [2.75, 3.05) is 12.3 Å². The van der Waals surface area contributed by atoms with Gasteiger partial charge in [0.25, 0.3) is 0 Å². The Morgan fingerprint density at radius 1 is 1.36 bits per heavy atom. The van der Waals surface area contributed by atoms with Gasteiger partial charge in [-0.05, 0) is 26.0 Å². The summed E-state index contributed by atoms with van der Waals surface area (Å²) in [5.41, 5.74) is 6.24. The second kappa shape index (κ2) is 6.38. The quantitative estimate of drug-likeness (QED) is 0.674. The van der Waals surface area contributed by atoms with Crippen LogP contribution in [0.15, 0.2) is 24.3 Å². The molecule has 116 valence electrons. The first-order valence-corrected chi connectivity index (χ1v) is 6.73. The molecule has 2 rings (SSSR count). The molecule has 0 aliphatic carbocycles.